The van der Waals surface area contributed by atoms with Crippen molar-refractivity contribution in [3.63, 3.8) is 0 Å². The second-order valence-electron chi connectivity index (χ2n) is 7.88. The van der Waals surface area contributed by atoms with Gasteiger partial charge in [-0.05, 0) is 40.5 Å². The van der Waals surface area contributed by atoms with Crippen molar-refractivity contribution < 1.29 is 13.9 Å². The van der Waals surface area contributed by atoms with Gasteiger partial charge < -0.3 is 10.1 Å². The third-order valence-corrected chi connectivity index (χ3v) is 5.61. The van der Waals surface area contributed by atoms with Crippen LogP contribution >= 0.6 is 0 Å². The molecule has 1 atom stereocenters. The molecule has 0 radical (unpaired) electrons. The smallest absolute Gasteiger partial charge is 0.253 e. The van der Waals surface area contributed by atoms with Crippen LogP contribution in [0.5, 0.6) is 0 Å². The number of nitrogens with one attached hydrogen (secondary N) is 1. The van der Waals surface area contributed by atoms with E-state index < -0.39 is 5.60 Å². The van der Waals surface area contributed by atoms with E-state index in [1.54, 1.807) is 19.3 Å². The first-order chi connectivity index (χ1) is 15.1. The Morgan fingerprint density at radius 1 is 1.13 bits per heavy atom. The Morgan fingerprint density at radius 2 is 1.94 bits per heavy atom. The summed E-state index contributed by atoms with van der Waals surface area (Å²) in [6, 6.07) is 18.6. The van der Waals surface area contributed by atoms with Crippen molar-refractivity contribution in [3.8, 4) is 11.1 Å². The van der Waals surface area contributed by atoms with Gasteiger partial charge in [0.25, 0.3) is 5.91 Å². The van der Waals surface area contributed by atoms with Crippen molar-refractivity contribution in [2.24, 2.45) is 0 Å². The highest BCUT2D eigenvalue weighted by molar-refractivity contribution is 5.86. The zero-order valence-corrected chi connectivity index (χ0v) is 17.6. The molecule has 6 heteroatoms. The molecule has 1 amide bonds. The Bertz CT molecular complexity index is 1040. The first kappa shape index (κ1) is 21.2. The van der Waals surface area contributed by atoms with Gasteiger partial charge in [0, 0.05) is 45.5 Å². The van der Waals surface area contributed by atoms with Crippen molar-refractivity contribution >= 4 is 5.91 Å². The monoisotopic (exact) mass is 419 g/mol. The highest BCUT2D eigenvalue weighted by Gasteiger charge is 2.43. The zero-order valence-electron chi connectivity index (χ0n) is 17.6. The molecule has 0 spiro atoms. The Morgan fingerprint density at radius 3 is 2.71 bits per heavy atom. The molecule has 0 unspecified atom stereocenters. The lowest BCUT2D eigenvalue weighted by Crippen LogP contribution is -2.60. The maximum atomic E-state index is 13.6. The van der Waals surface area contributed by atoms with E-state index in [9.17, 15) is 9.18 Å². The third kappa shape index (κ3) is 4.98. The Hall–Kier alpha value is -3.09. The van der Waals surface area contributed by atoms with E-state index >= 15 is 0 Å². The quantitative estimate of drug-likeness (QED) is 0.665. The zero-order chi connectivity index (χ0) is 21.7. The van der Waals surface area contributed by atoms with E-state index in [2.05, 4.69) is 21.3 Å². The predicted molar refractivity (Wildman–Crippen MR) is 118 cm³/mol. The number of carbonyl (C=O) groups excluding carboxylic acids is 1. The maximum Gasteiger partial charge on any atom is 0.253 e. The predicted octanol–water partition coefficient (Wildman–Crippen LogP) is 3.45. The van der Waals surface area contributed by atoms with Gasteiger partial charge in [-0.15, -0.1) is 0 Å². The van der Waals surface area contributed by atoms with Gasteiger partial charge in [-0.2, -0.15) is 0 Å². The normalized spacial score (nSPS) is 19.2. The number of halogens is 1. The molecule has 0 aliphatic carbocycles. The lowest BCUT2D eigenvalue weighted by atomic mass is 9.90. The summed E-state index contributed by atoms with van der Waals surface area (Å²) in [5, 5.41) is 2.78. The van der Waals surface area contributed by atoms with Crippen LogP contribution in [0.4, 0.5) is 4.39 Å². The minimum Gasteiger partial charge on any atom is -0.362 e. The van der Waals surface area contributed by atoms with Gasteiger partial charge in [-0.3, -0.25) is 14.7 Å². The number of pyridine rings is 1. The Balaban J connectivity index is 1.57. The van der Waals surface area contributed by atoms with Crippen LogP contribution in [0.25, 0.3) is 11.1 Å². The minimum absolute atomic E-state index is 0.150. The summed E-state index contributed by atoms with van der Waals surface area (Å²) in [4.78, 5) is 19.3. The third-order valence-electron chi connectivity index (χ3n) is 5.61. The summed E-state index contributed by atoms with van der Waals surface area (Å²) in [5.74, 6) is -0.404. The van der Waals surface area contributed by atoms with Gasteiger partial charge in [0.1, 0.15) is 5.82 Å². The first-order valence-corrected chi connectivity index (χ1v) is 10.4. The van der Waals surface area contributed by atoms with Crippen molar-refractivity contribution in [2.75, 3.05) is 26.7 Å². The highest BCUT2D eigenvalue weighted by atomic mass is 19.1. The van der Waals surface area contributed by atoms with Gasteiger partial charge in [0.2, 0.25) is 0 Å². The summed E-state index contributed by atoms with van der Waals surface area (Å²) in [6.45, 7) is 2.12. The van der Waals surface area contributed by atoms with Crippen molar-refractivity contribution in [2.45, 2.75) is 18.6 Å². The standard InChI is InChI=1S/C25H26FN3O2/c1-27-24(30)25(15-19-5-2-7-21(13-19)22-8-4-10-28-16-22)18-29(11-12-31-25)17-20-6-3-9-23(26)14-20/h2-10,13-14,16H,11-12,15,17-18H2,1H3,(H,27,30)/t25-/m1/s1. The number of nitrogens with zero attached hydrogens (tertiary/aromatic N) is 2. The second kappa shape index (κ2) is 9.37. The van der Waals surface area contributed by atoms with E-state index in [0.29, 0.717) is 32.7 Å². The summed E-state index contributed by atoms with van der Waals surface area (Å²) in [6.07, 6.45) is 4.02. The molecular weight excluding hydrogens is 393 g/mol. The van der Waals surface area contributed by atoms with Gasteiger partial charge >= 0.3 is 0 Å². The number of likely N-dealkylation sites (N-methyl/N-ethyl adjacent to an activating group) is 1. The molecule has 0 bridgehead atoms. The van der Waals surface area contributed by atoms with E-state index in [1.807, 2.05) is 42.6 Å². The van der Waals surface area contributed by atoms with Crippen molar-refractivity contribution in [3.05, 3.63) is 90.0 Å². The fourth-order valence-corrected chi connectivity index (χ4v) is 4.16. The molecule has 5 nitrogen and oxygen atoms in total. The minimum atomic E-state index is -1.01. The second-order valence-corrected chi connectivity index (χ2v) is 7.88. The molecule has 31 heavy (non-hydrogen) atoms. The molecule has 0 saturated carbocycles. The lowest BCUT2D eigenvalue weighted by Gasteiger charge is -2.41. The fourth-order valence-electron chi connectivity index (χ4n) is 4.16. The fraction of sp³-hybridized carbons (Fsp3) is 0.280. The number of aromatic nitrogens is 1. The molecule has 2 heterocycles. The maximum absolute atomic E-state index is 13.6. The molecule has 1 aromatic heterocycles. The van der Waals surface area contributed by atoms with Gasteiger partial charge in [-0.25, -0.2) is 4.39 Å². The Kier molecular flexibility index (Phi) is 6.39. The molecule has 1 N–H and O–H groups in total. The van der Waals surface area contributed by atoms with Crippen molar-refractivity contribution in [1.82, 2.24) is 15.2 Å². The number of ether oxygens (including phenoxy) is 1. The Labute approximate surface area is 181 Å². The number of benzene rings is 2. The van der Waals surface area contributed by atoms with Crippen LogP contribution in [0.15, 0.2) is 73.1 Å². The summed E-state index contributed by atoms with van der Waals surface area (Å²) in [7, 11) is 1.63. The van der Waals surface area contributed by atoms with Crippen LogP contribution in [-0.4, -0.2) is 48.1 Å². The molecule has 160 valence electrons. The lowest BCUT2D eigenvalue weighted by molar-refractivity contribution is -0.160. The number of hydrogen-bond donors (Lipinski definition) is 1. The summed E-state index contributed by atoms with van der Waals surface area (Å²) >= 11 is 0. The van der Waals surface area contributed by atoms with E-state index in [-0.39, 0.29) is 11.7 Å². The average molecular weight is 420 g/mol. The van der Waals surface area contributed by atoms with E-state index in [4.69, 9.17) is 4.74 Å². The number of carbonyl (C=O) groups is 1. The van der Waals surface area contributed by atoms with E-state index in [0.717, 1.165) is 22.3 Å². The summed E-state index contributed by atoms with van der Waals surface area (Å²) in [5.41, 5.74) is 2.96. The van der Waals surface area contributed by atoms with Crippen LogP contribution < -0.4 is 5.32 Å². The van der Waals surface area contributed by atoms with Gasteiger partial charge in [-0.1, -0.05) is 42.5 Å². The topological polar surface area (TPSA) is 54.5 Å². The molecule has 1 saturated heterocycles. The highest BCUT2D eigenvalue weighted by Crippen LogP contribution is 2.27. The SMILES string of the molecule is CNC(=O)[C@@]1(Cc2cccc(-c3cccnc3)c2)CN(Cc2cccc(F)c2)CCO1. The molecule has 1 fully saturated rings. The van der Waals surface area contributed by atoms with Gasteiger partial charge in [0.15, 0.2) is 5.60 Å². The molecule has 1 aliphatic heterocycles. The largest absolute Gasteiger partial charge is 0.362 e. The molecular formula is C25H26FN3O2. The number of morpholine rings is 1. The number of hydrogen-bond acceptors (Lipinski definition) is 4. The van der Waals surface area contributed by atoms with Crippen LogP contribution in [0, 0.1) is 5.82 Å². The van der Waals surface area contributed by atoms with Crippen molar-refractivity contribution in [1.29, 1.82) is 0 Å². The molecule has 2 aromatic carbocycles. The summed E-state index contributed by atoms with van der Waals surface area (Å²) < 4.78 is 19.7. The average Bonchev–Trinajstić information content (AvgIpc) is 2.79. The van der Waals surface area contributed by atoms with Gasteiger partial charge in [0.05, 0.1) is 6.61 Å². The number of rotatable bonds is 6. The van der Waals surface area contributed by atoms with Crippen LogP contribution in [-0.2, 0) is 22.5 Å². The molecule has 3 aromatic rings. The number of amides is 1. The van der Waals surface area contributed by atoms with Crippen LogP contribution in [0.3, 0.4) is 0 Å². The van der Waals surface area contributed by atoms with Crippen LogP contribution in [0.2, 0.25) is 0 Å². The van der Waals surface area contributed by atoms with Crippen LogP contribution in [0.1, 0.15) is 11.1 Å². The van der Waals surface area contributed by atoms with E-state index in [1.165, 1.54) is 12.1 Å². The molecule has 1 aliphatic rings. The molecule has 4 rings (SSSR count). The first-order valence-electron chi connectivity index (χ1n) is 10.4.